The molecule has 2 heteroatoms. The zero-order valence-corrected chi connectivity index (χ0v) is 20.4. The number of fused-ring (bicyclic) bond motifs is 1. The summed E-state index contributed by atoms with van der Waals surface area (Å²) in [6.07, 6.45) is 17.6. The Morgan fingerprint density at radius 1 is 1.10 bits per heavy atom. The minimum atomic E-state index is -0.871. The molecule has 31 heavy (non-hydrogen) atoms. The third-order valence-electron chi connectivity index (χ3n) is 8.62. The second-order valence-electron chi connectivity index (χ2n) is 10.5. The van der Waals surface area contributed by atoms with Crippen LogP contribution >= 0.6 is 0 Å². The van der Waals surface area contributed by atoms with E-state index in [2.05, 4.69) is 32.6 Å². The van der Waals surface area contributed by atoms with Gasteiger partial charge in [0.25, 0.3) is 0 Å². The second-order valence-corrected chi connectivity index (χ2v) is 12.0. The lowest BCUT2D eigenvalue weighted by Crippen LogP contribution is -2.36. The molecule has 0 heterocycles. The molecule has 0 aromatic heterocycles. The quantitative estimate of drug-likeness (QED) is 0.441. The van der Waals surface area contributed by atoms with Gasteiger partial charge in [-0.1, -0.05) is 61.9 Å². The number of allylic oxidation sites excluding steroid dienone is 5. The highest BCUT2D eigenvalue weighted by molar-refractivity contribution is 7.85. The molecule has 0 amide bonds. The zero-order valence-electron chi connectivity index (χ0n) is 19.6. The zero-order chi connectivity index (χ0) is 21.8. The van der Waals surface area contributed by atoms with Gasteiger partial charge in [-0.3, -0.25) is 4.21 Å². The first-order valence-corrected chi connectivity index (χ1v) is 13.8. The molecular weight excluding hydrogens is 396 g/mol. The Labute approximate surface area is 192 Å². The maximum absolute atomic E-state index is 12.7. The highest BCUT2D eigenvalue weighted by Gasteiger charge is 2.50. The van der Waals surface area contributed by atoms with Gasteiger partial charge in [0, 0.05) is 10.6 Å². The van der Waals surface area contributed by atoms with Crippen LogP contribution in [-0.4, -0.2) is 9.96 Å². The van der Waals surface area contributed by atoms with Crippen molar-refractivity contribution in [1.82, 2.24) is 0 Å². The van der Waals surface area contributed by atoms with Crippen molar-refractivity contribution in [2.24, 2.45) is 23.2 Å². The minimum absolute atomic E-state index is 0.416. The second kappa shape index (κ2) is 10.0. The number of benzene rings is 1. The SMILES string of the molecule is C=C1CCCC/C1=C/C=C1\CCCC2(C)C1CCC2C(C)CCS(=O)c1ccccc1. The van der Waals surface area contributed by atoms with Crippen LogP contribution in [-0.2, 0) is 10.8 Å². The van der Waals surface area contributed by atoms with Crippen LogP contribution in [0, 0.1) is 23.2 Å². The van der Waals surface area contributed by atoms with Gasteiger partial charge in [-0.15, -0.1) is 0 Å². The summed E-state index contributed by atoms with van der Waals surface area (Å²) in [5.41, 5.74) is 4.98. The van der Waals surface area contributed by atoms with Gasteiger partial charge < -0.3 is 0 Å². The highest BCUT2D eigenvalue weighted by atomic mass is 32.2. The Hall–Kier alpha value is -1.41. The average Bonchev–Trinajstić information content (AvgIpc) is 3.15. The van der Waals surface area contributed by atoms with Crippen molar-refractivity contribution in [3.63, 3.8) is 0 Å². The first-order chi connectivity index (χ1) is 15.0. The van der Waals surface area contributed by atoms with Crippen molar-refractivity contribution in [1.29, 1.82) is 0 Å². The van der Waals surface area contributed by atoms with E-state index in [1.807, 2.05) is 30.3 Å². The van der Waals surface area contributed by atoms with Crippen LogP contribution in [0.5, 0.6) is 0 Å². The lowest BCUT2D eigenvalue weighted by atomic mass is 9.61. The summed E-state index contributed by atoms with van der Waals surface area (Å²) in [5, 5.41) is 0. The van der Waals surface area contributed by atoms with Crippen molar-refractivity contribution in [3.05, 3.63) is 65.8 Å². The molecule has 0 bridgehead atoms. The van der Waals surface area contributed by atoms with Gasteiger partial charge in [0.1, 0.15) is 0 Å². The van der Waals surface area contributed by atoms with Crippen LogP contribution in [0.4, 0.5) is 0 Å². The molecule has 0 N–H and O–H groups in total. The normalized spacial score (nSPS) is 33.4. The molecule has 5 unspecified atom stereocenters. The van der Waals surface area contributed by atoms with Crippen LogP contribution < -0.4 is 0 Å². The molecule has 0 spiro atoms. The molecule has 4 rings (SSSR count). The van der Waals surface area contributed by atoms with Gasteiger partial charge in [0.05, 0.1) is 10.8 Å². The van der Waals surface area contributed by atoms with Gasteiger partial charge in [0.2, 0.25) is 0 Å². The van der Waals surface area contributed by atoms with Crippen LogP contribution in [0.25, 0.3) is 0 Å². The standard InChI is InChI=1S/C29H40OS/c1-22-10-7-8-11-24(22)15-16-25-12-9-20-29(3)27(17-18-28(25)29)23(2)19-21-31(30)26-13-5-4-6-14-26/h4-6,13-16,23,27-28H,1,7-12,17-21H2,2-3H3/b24-15-,25-16+. The molecule has 1 aromatic carbocycles. The van der Waals surface area contributed by atoms with Gasteiger partial charge >= 0.3 is 0 Å². The monoisotopic (exact) mass is 436 g/mol. The molecule has 0 aliphatic heterocycles. The summed E-state index contributed by atoms with van der Waals surface area (Å²) in [6.45, 7) is 9.30. The molecular formula is C29H40OS. The topological polar surface area (TPSA) is 17.1 Å². The Balaban J connectivity index is 1.42. The largest absolute Gasteiger partial charge is 0.254 e. The highest BCUT2D eigenvalue weighted by Crippen LogP contribution is 2.59. The minimum Gasteiger partial charge on any atom is -0.254 e. The fourth-order valence-corrected chi connectivity index (χ4v) is 8.08. The Bertz CT molecular complexity index is 864. The van der Waals surface area contributed by atoms with Gasteiger partial charge in [-0.05, 0) is 105 Å². The number of hydrogen-bond donors (Lipinski definition) is 0. The molecule has 3 fully saturated rings. The van der Waals surface area contributed by atoms with Crippen LogP contribution in [0.15, 0.2) is 70.7 Å². The lowest BCUT2D eigenvalue weighted by molar-refractivity contribution is 0.0964. The van der Waals surface area contributed by atoms with E-state index < -0.39 is 10.8 Å². The fraction of sp³-hybridized carbons (Fsp3) is 0.586. The predicted octanol–water partition coefficient (Wildman–Crippen LogP) is 8.02. The van der Waals surface area contributed by atoms with E-state index in [4.69, 9.17) is 0 Å². The summed E-state index contributed by atoms with van der Waals surface area (Å²) >= 11 is 0. The maximum atomic E-state index is 12.7. The Morgan fingerprint density at radius 3 is 2.65 bits per heavy atom. The van der Waals surface area contributed by atoms with Crippen LogP contribution in [0.3, 0.4) is 0 Å². The van der Waals surface area contributed by atoms with E-state index in [9.17, 15) is 4.21 Å². The van der Waals surface area contributed by atoms with E-state index in [1.165, 1.54) is 68.9 Å². The van der Waals surface area contributed by atoms with Gasteiger partial charge in [-0.25, -0.2) is 0 Å². The molecule has 3 aliphatic carbocycles. The fourth-order valence-electron chi connectivity index (χ4n) is 6.80. The van der Waals surface area contributed by atoms with E-state index in [1.54, 1.807) is 5.57 Å². The average molecular weight is 437 g/mol. The molecule has 168 valence electrons. The predicted molar refractivity (Wildman–Crippen MR) is 133 cm³/mol. The van der Waals surface area contributed by atoms with Crippen LogP contribution in [0.1, 0.15) is 78.1 Å². The van der Waals surface area contributed by atoms with Crippen molar-refractivity contribution in [2.45, 2.75) is 83.0 Å². The molecule has 1 aromatic rings. The summed E-state index contributed by atoms with van der Waals surface area (Å²) in [7, 11) is -0.871. The van der Waals surface area contributed by atoms with Gasteiger partial charge in [0.15, 0.2) is 0 Å². The van der Waals surface area contributed by atoms with Gasteiger partial charge in [-0.2, -0.15) is 0 Å². The smallest absolute Gasteiger partial charge is 0.0529 e. The lowest BCUT2D eigenvalue weighted by Gasteiger charge is -2.44. The molecule has 3 aliphatic rings. The number of hydrogen-bond acceptors (Lipinski definition) is 1. The first kappa shape index (κ1) is 22.8. The van der Waals surface area contributed by atoms with Crippen molar-refractivity contribution >= 4 is 10.8 Å². The molecule has 3 saturated carbocycles. The third-order valence-corrected chi connectivity index (χ3v) is 10.0. The van der Waals surface area contributed by atoms with E-state index in [0.717, 1.165) is 28.9 Å². The summed E-state index contributed by atoms with van der Waals surface area (Å²) < 4.78 is 12.7. The maximum Gasteiger partial charge on any atom is 0.0529 e. The molecule has 0 saturated heterocycles. The number of rotatable bonds is 6. The van der Waals surface area contributed by atoms with E-state index in [-0.39, 0.29) is 0 Å². The van der Waals surface area contributed by atoms with E-state index in [0.29, 0.717) is 11.3 Å². The Morgan fingerprint density at radius 2 is 1.87 bits per heavy atom. The Kier molecular flexibility index (Phi) is 7.37. The van der Waals surface area contributed by atoms with Crippen molar-refractivity contribution in [3.8, 4) is 0 Å². The van der Waals surface area contributed by atoms with Crippen LogP contribution in [0.2, 0.25) is 0 Å². The van der Waals surface area contributed by atoms with Crippen molar-refractivity contribution < 1.29 is 4.21 Å². The molecule has 5 atom stereocenters. The van der Waals surface area contributed by atoms with E-state index >= 15 is 0 Å². The first-order valence-electron chi connectivity index (χ1n) is 12.5. The molecule has 0 radical (unpaired) electrons. The summed E-state index contributed by atoms with van der Waals surface area (Å²) in [5.74, 6) is 2.92. The molecule has 1 nitrogen and oxygen atoms in total. The summed E-state index contributed by atoms with van der Waals surface area (Å²) in [4.78, 5) is 0.977. The summed E-state index contributed by atoms with van der Waals surface area (Å²) in [6, 6.07) is 9.99. The van der Waals surface area contributed by atoms with Crippen molar-refractivity contribution in [2.75, 3.05) is 5.75 Å². The third kappa shape index (κ3) is 5.00.